The average molecular weight is 699 g/mol. The second-order valence-corrected chi connectivity index (χ2v) is 13.4. The largest absolute Gasteiger partial charge is 0.493 e. The third-order valence-corrected chi connectivity index (χ3v) is 9.90. The summed E-state index contributed by atoms with van der Waals surface area (Å²) >= 11 is 12.7. The summed E-state index contributed by atoms with van der Waals surface area (Å²) in [6.45, 7) is 3.23. The molecule has 0 aromatic heterocycles. The molecule has 0 heterocycles. The molecule has 0 bridgehead atoms. The van der Waals surface area contributed by atoms with Gasteiger partial charge in [0.25, 0.3) is 10.0 Å². The van der Waals surface area contributed by atoms with Crippen molar-refractivity contribution in [1.29, 1.82) is 0 Å². The lowest BCUT2D eigenvalue weighted by atomic mass is 10.0. The summed E-state index contributed by atoms with van der Waals surface area (Å²) in [5.74, 6) is -0.369. The van der Waals surface area contributed by atoms with E-state index in [4.69, 9.17) is 32.7 Å². The Balaban J connectivity index is 1.85. The molecule has 47 heavy (non-hydrogen) atoms. The van der Waals surface area contributed by atoms with Gasteiger partial charge in [-0.1, -0.05) is 77.3 Å². The van der Waals surface area contributed by atoms with Crippen LogP contribution in [0.2, 0.25) is 10.0 Å². The number of halogens is 2. The number of nitrogens with zero attached hydrogens (tertiary/aromatic N) is 2. The molecule has 12 heteroatoms. The Morgan fingerprint density at radius 3 is 2.17 bits per heavy atom. The second kappa shape index (κ2) is 16.0. The molecule has 4 aromatic rings. The Morgan fingerprint density at radius 1 is 0.872 bits per heavy atom. The number of hydrogen-bond acceptors (Lipinski definition) is 6. The van der Waals surface area contributed by atoms with E-state index < -0.39 is 34.4 Å². The summed E-state index contributed by atoms with van der Waals surface area (Å²) in [4.78, 5) is 29.6. The van der Waals surface area contributed by atoms with E-state index in [2.05, 4.69) is 5.32 Å². The van der Waals surface area contributed by atoms with E-state index in [1.54, 1.807) is 43.3 Å². The molecule has 4 aromatic carbocycles. The molecular formula is C35H37Cl2N3O6S. The van der Waals surface area contributed by atoms with Gasteiger partial charge in [0.2, 0.25) is 11.8 Å². The molecule has 0 fully saturated rings. The van der Waals surface area contributed by atoms with Crippen LogP contribution in [0, 0.1) is 6.92 Å². The smallest absolute Gasteiger partial charge is 0.264 e. The van der Waals surface area contributed by atoms with Gasteiger partial charge < -0.3 is 19.7 Å². The molecule has 0 saturated carbocycles. The van der Waals surface area contributed by atoms with Gasteiger partial charge in [0.15, 0.2) is 11.5 Å². The number of anilines is 1. The summed E-state index contributed by atoms with van der Waals surface area (Å²) in [5.41, 5.74) is 2.38. The van der Waals surface area contributed by atoms with Crippen LogP contribution in [0.5, 0.6) is 11.5 Å². The summed E-state index contributed by atoms with van der Waals surface area (Å²) in [6, 6.07) is 24.1. The molecule has 9 nitrogen and oxygen atoms in total. The minimum absolute atomic E-state index is 0.0115. The highest BCUT2D eigenvalue weighted by atomic mass is 35.5. The van der Waals surface area contributed by atoms with Crippen molar-refractivity contribution >= 4 is 50.7 Å². The Morgan fingerprint density at radius 2 is 1.55 bits per heavy atom. The quantitative estimate of drug-likeness (QED) is 0.166. The molecule has 4 rings (SSSR count). The highest BCUT2D eigenvalue weighted by Crippen LogP contribution is 2.34. The van der Waals surface area contributed by atoms with Gasteiger partial charge in [-0.3, -0.25) is 13.9 Å². The Hall–Kier alpha value is -4.25. The number of sulfonamides is 1. The first-order chi connectivity index (χ1) is 22.5. The minimum Gasteiger partial charge on any atom is -0.493 e. The van der Waals surface area contributed by atoms with E-state index in [0.717, 1.165) is 15.4 Å². The van der Waals surface area contributed by atoms with Crippen LogP contribution in [-0.4, -0.2) is 58.5 Å². The molecule has 248 valence electrons. The number of carbonyl (C=O) groups is 2. The van der Waals surface area contributed by atoms with Crippen molar-refractivity contribution in [3.8, 4) is 11.5 Å². The SMILES string of the molecule is CCNC(=O)[C@@H](Cc1ccccc1)N(Cc1ccc(Cl)cc1Cl)C(=O)CN(c1ccc(OC)c(OC)c1)S(=O)(=O)c1ccc(C)cc1. The van der Waals surface area contributed by atoms with Crippen LogP contribution in [0.3, 0.4) is 0 Å². The number of carbonyl (C=O) groups excluding carboxylic acids is 2. The van der Waals surface area contributed by atoms with Gasteiger partial charge in [-0.2, -0.15) is 0 Å². The molecular weight excluding hydrogens is 661 g/mol. The fourth-order valence-electron chi connectivity index (χ4n) is 5.03. The van der Waals surface area contributed by atoms with Crippen LogP contribution in [0.1, 0.15) is 23.6 Å². The number of rotatable bonds is 14. The van der Waals surface area contributed by atoms with Gasteiger partial charge in [0, 0.05) is 35.6 Å². The lowest BCUT2D eigenvalue weighted by Gasteiger charge is -2.34. The van der Waals surface area contributed by atoms with Gasteiger partial charge in [-0.05, 0) is 61.4 Å². The number of benzene rings is 4. The second-order valence-electron chi connectivity index (χ2n) is 10.7. The van der Waals surface area contributed by atoms with Crippen molar-refractivity contribution in [1.82, 2.24) is 10.2 Å². The van der Waals surface area contributed by atoms with Gasteiger partial charge >= 0.3 is 0 Å². The molecule has 1 atom stereocenters. The average Bonchev–Trinajstić information content (AvgIpc) is 3.06. The number of amides is 2. The highest BCUT2D eigenvalue weighted by Gasteiger charge is 2.35. The zero-order chi connectivity index (χ0) is 34.1. The molecule has 0 spiro atoms. The monoisotopic (exact) mass is 697 g/mol. The number of methoxy groups -OCH3 is 2. The normalized spacial score (nSPS) is 11.8. The number of nitrogens with one attached hydrogen (secondary N) is 1. The Kier molecular flexibility index (Phi) is 12.1. The fourth-order valence-corrected chi connectivity index (χ4v) is 6.90. The third-order valence-electron chi connectivity index (χ3n) is 7.52. The summed E-state index contributed by atoms with van der Waals surface area (Å²) in [7, 11) is -1.40. The van der Waals surface area contributed by atoms with Gasteiger partial charge in [-0.25, -0.2) is 8.42 Å². The lowest BCUT2D eigenvalue weighted by Crippen LogP contribution is -2.53. The first-order valence-corrected chi connectivity index (χ1v) is 17.0. The van der Waals surface area contributed by atoms with Crippen molar-refractivity contribution in [2.75, 3.05) is 31.6 Å². The van der Waals surface area contributed by atoms with Crippen LogP contribution in [-0.2, 0) is 32.6 Å². The molecule has 0 unspecified atom stereocenters. The molecule has 1 N–H and O–H groups in total. The number of likely N-dealkylation sites (N-methyl/N-ethyl adjacent to an activating group) is 1. The molecule has 0 aliphatic carbocycles. The van der Waals surface area contributed by atoms with Crippen LogP contribution in [0.4, 0.5) is 5.69 Å². The van der Waals surface area contributed by atoms with Crippen molar-refractivity contribution in [3.63, 3.8) is 0 Å². The summed E-state index contributed by atoms with van der Waals surface area (Å²) in [5, 5.41) is 3.54. The van der Waals surface area contributed by atoms with Crippen molar-refractivity contribution < 1.29 is 27.5 Å². The number of hydrogen-bond donors (Lipinski definition) is 1. The lowest BCUT2D eigenvalue weighted by molar-refractivity contribution is -0.140. The topological polar surface area (TPSA) is 105 Å². The molecule has 2 amide bonds. The van der Waals surface area contributed by atoms with Gasteiger partial charge in [0.1, 0.15) is 12.6 Å². The van der Waals surface area contributed by atoms with Crippen LogP contribution < -0.4 is 19.1 Å². The maximum Gasteiger partial charge on any atom is 0.264 e. The van der Waals surface area contributed by atoms with E-state index in [9.17, 15) is 18.0 Å². The first-order valence-electron chi connectivity index (χ1n) is 14.8. The van der Waals surface area contributed by atoms with Gasteiger partial charge in [-0.15, -0.1) is 0 Å². The van der Waals surface area contributed by atoms with Gasteiger partial charge in [0.05, 0.1) is 24.8 Å². The standard InChI is InChI=1S/C35H37Cl2N3O6S/c1-5-38-35(42)31(19-25-9-7-6-8-10-25)39(22-26-13-14-27(36)20-30(26)37)34(41)23-40(28-15-18-32(45-3)33(21-28)46-4)47(43,44)29-16-11-24(2)12-17-29/h6-18,20-21,31H,5,19,22-23H2,1-4H3,(H,38,42)/t31-/m1/s1. The Labute approximate surface area is 286 Å². The predicted molar refractivity (Wildman–Crippen MR) is 185 cm³/mol. The van der Waals surface area contributed by atoms with E-state index in [1.165, 1.54) is 43.4 Å². The molecule has 0 aliphatic heterocycles. The van der Waals surface area contributed by atoms with Crippen molar-refractivity contribution in [2.24, 2.45) is 0 Å². The third kappa shape index (κ3) is 8.77. The van der Waals surface area contributed by atoms with E-state index in [1.807, 2.05) is 37.3 Å². The molecule has 0 aliphatic rings. The summed E-state index contributed by atoms with van der Waals surface area (Å²) in [6.07, 6.45) is 0.171. The zero-order valence-corrected chi connectivity index (χ0v) is 28.9. The summed E-state index contributed by atoms with van der Waals surface area (Å²) < 4.78 is 40.4. The zero-order valence-electron chi connectivity index (χ0n) is 26.6. The molecule has 0 radical (unpaired) electrons. The maximum atomic E-state index is 14.6. The van der Waals surface area contributed by atoms with Crippen LogP contribution >= 0.6 is 23.2 Å². The highest BCUT2D eigenvalue weighted by molar-refractivity contribution is 7.92. The van der Waals surface area contributed by atoms with E-state index in [-0.39, 0.29) is 29.3 Å². The number of aryl methyl sites for hydroxylation is 1. The van der Waals surface area contributed by atoms with E-state index >= 15 is 0 Å². The fraction of sp³-hybridized carbons (Fsp3) is 0.257. The minimum atomic E-state index is -4.30. The van der Waals surface area contributed by atoms with Crippen LogP contribution in [0.25, 0.3) is 0 Å². The molecule has 0 saturated heterocycles. The maximum absolute atomic E-state index is 14.6. The van der Waals surface area contributed by atoms with Crippen molar-refractivity contribution in [3.05, 3.63) is 118 Å². The number of ether oxygens (including phenoxy) is 2. The Bertz CT molecular complexity index is 1800. The van der Waals surface area contributed by atoms with E-state index in [0.29, 0.717) is 27.9 Å². The predicted octanol–water partition coefficient (Wildman–Crippen LogP) is 6.29. The van der Waals surface area contributed by atoms with Crippen LogP contribution in [0.15, 0.2) is 95.9 Å². The van der Waals surface area contributed by atoms with Crippen molar-refractivity contribution in [2.45, 2.75) is 37.8 Å². The first kappa shape index (κ1) is 35.6.